The van der Waals surface area contributed by atoms with Gasteiger partial charge in [-0.1, -0.05) is 27.2 Å². The molecule has 2 fully saturated rings. The molecule has 0 aliphatic carbocycles. The van der Waals surface area contributed by atoms with Crippen LogP contribution in [0.25, 0.3) is 22.3 Å². The highest BCUT2D eigenvalue weighted by Gasteiger charge is 2.45. The molecule has 44 heavy (non-hydrogen) atoms. The van der Waals surface area contributed by atoms with Crippen molar-refractivity contribution < 1.29 is 24.2 Å². The van der Waals surface area contributed by atoms with Crippen molar-refractivity contribution in [3.8, 4) is 17.1 Å². The van der Waals surface area contributed by atoms with Crippen molar-refractivity contribution in [3.63, 3.8) is 0 Å². The zero-order valence-corrected chi connectivity index (χ0v) is 25.7. The lowest BCUT2D eigenvalue weighted by Gasteiger charge is -2.39. The number of carbonyl (C=O) groups excluding carboxylic acids is 2. The van der Waals surface area contributed by atoms with Gasteiger partial charge >= 0.3 is 12.1 Å². The van der Waals surface area contributed by atoms with Gasteiger partial charge in [0, 0.05) is 41.2 Å². The van der Waals surface area contributed by atoms with Crippen LogP contribution in [0.4, 0.5) is 4.79 Å². The molecular weight excluding hydrogens is 560 g/mol. The summed E-state index contributed by atoms with van der Waals surface area (Å²) in [6, 6.07) is 7.97. The third kappa shape index (κ3) is 4.61. The standard InChI is InChI=1S/C34H40N4O6/c1-4-34(42)25-17-27-30-21(18-38(27)31(39)24(25)19-43-32(34)40)16-23-26(35-30)8-9-28(29(23)20(2)3)44-33(41)37-14-10-22(11-15-37)36-12-6-5-7-13-36/h8-9,16-17,20,22,42H,4-7,10-15,18-19H2,1-3H3/t34-/m0/s1. The van der Waals surface area contributed by atoms with Crippen molar-refractivity contribution in [3.05, 3.63) is 56.9 Å². The maximum absolute atomic E-state index is 13.6. The molecule has 0 saturated carbocycles. The van der Waals surface area contributed by atoms with Gasteiger partial charge in [0.1, 0.15) is 12.4 Å². The smallest absolute Gasteiger partial charge is 0.415 e. The second kappa shape index (κ2) is 11.0. The predicted octanol–water partition coefficient (Wildman–Crippen LogP) is 4.65. The fraction of sp³-hybridized carbons (Fsp3) is 0.529. The molecule has 1 amide bonds. The predicted molar refractivity (Wildman–Crippen MR) is 165 cm³/mol. The molecule has 4 aliphatic rings. The number of piperidine rings is 2. The lowest BCUT2D eigenvalue weighted by molar-refractivity contribution is -0.172. The second-order valence-corrected chi connectivity index (χ2v) is 13.0. The fourth-order valence-electron chi connectivity index (χ4n) is 7.59. The van der Waals surface area contributed by atoms with Crippen molar-refractivity contribution in [2.75, 3.05) is 26.2 Å². The Morgan fingerprint density at radius 2 is 1.86 bits per heavy atom. The first kappa shape index (κ1) is 29.0. The summed E-state index contributed by atoms with van der Waals surface area (Å²) in [7, 11) is 0. The highest BCUT2D eigenvalue weighted by molar-refractivity contribution is 5.90. The molecule has 10 nitrogen and oxygen atoms in total. The van der Waals surface area contributed by atoms with Crippen LogP contribution < -0.4 is 10.3 Å². The van der Waals surface area contributed by atoms with E-state index in [1.165, 1.54) is 32.4 Å². The molecule has 2 aromatic heterocycles. The molecular formula is C34H40N4O6. The summed E-state index contributed by atoms with van der Waals surface area (Å²) in [5.74, 6) is -0.159. The molecule has 3 aromatic rings. The van der Waals surface area contributed by atoms with Gasteiger partial charge in [0.25, 0.3) is 5.56 Å². The SMILES string of the molecule is CC[C@@]1(O)C(=O)OCc2c1cc1n(c2=O)Cc2cc3c(C(C)C)c(OC(=O)N4CCC(N5CCCCC5)CC4)ccc3nc2-1. The van der Waals surface area contributed by atoms with Gasteiger partial charge in [0.2, 0.25) is 0 Å². The normalized spacial score (nSPS) is 22.1. The van der Waals surface area contributed by atoms with Crippen LogP contribution in [0.3, 0.4) is 0 Å². The van der Waals surface area contributed by atoms with E-state index in [0.29, 0.717) is 53.9 Å². The second-order valence-electron chi connectivity index (χ2n) is 13.0. The molecule has 4 aliphatic heterocycles. The molecule has 1 N–H and O–H groups in total. The van der Waals surface area contributed by atoms with E-state index in [9.17, 15) is 19.5 Å². The molecule has 1 aromatic carbocycles. The van der Waals surface area contributed by atoms with Crippen LogP contribution >= 0.6 is 0 Å². The number of fused-ring (bicyclic) bond motifs is 5. The van der Waals surface area contributed by atoms with Gasteiger partial charge in [-0.25, -0.2) is 14.6 Å². The van der Waals surface area contributed by atoms with E-state index >= 15 is 0 Å². The number of rotatable bonds is 4. The summed E-state index contributed by atoms with van der Waals surface area (Å²) in [4.78, 5) is 48.8. The van der Waals surface area contributed by atoms with Gasteiger partial charge in [-0.15, -0.1) is 0 Å². The number of cyclic esters (lactones) is 1. The maximum Gasteiger partial charge on any atom is 0.415 e. The highest BCUT2D eigenvalue weighted by atomic mass is 16.6. The molecule has 0 spiro atoms. The molecule has 232 valence electrons. The molecule has 0 bridgehead atoms. The highest BCUT2D eigenvalue weighted by Crippen LogP contribution is 2.41. The van der Waals surface area contributed by atoms with Crippen molar-refractivity contribution in [2.24, 2.45) is 0 Å². The molecule has 7 rings (SSSR count). The average Bonchev–Trinajstić information content (AvgIpc) is 3.40. The van der Waals surface area contributed by atoms with Crippen LogP contribution in [0.15, 0.2) is 29.1 Å². The van der Waals surface area contributed by atoms with E-state index in [2.05, 4.69) is 18.7 Å². The number of aromatic nitrogens is 2. The van der Waals surface area contributed by atoms with E-state index in [1.54, 1.807) is 17.6 Å². The monoisotopic (exact) mass is 600 g/mol. The number of carbonyl (C=O) groups is 2. The lowest BCUT2D eigenvalue weighted by atomic mass is 9.86. The largest absolute Gasteiger partial charge is 0.458 e. The third-order valence-corrected chi connectivity index (χ3v) is 10.1. The van der Waals surface area contributed by atoms with Gasteiger partial charge in [-0.3, -0.25) is 4.79 Å². The molecule has 0 unspecified atom stereocenters. The fourth-order valence-corrected chi connectivity index (χ4v) is 7.59. The summed E-state index contributed by atoms with van der Waals surface area (Å²) >= 11 is 0. The van der Waals surface area contributed by atoms with Crippen molar-refractivity contribution in [2.45, 2.75) is 90.0 Å². The first-order chi connectivity index (χ1) is 21.2. The van der Waals surface area contributed by atoms with E-state index in [4.69, 9.17) is 14.5 Å². The molecule has 10 heteroatoms. The molecule has 1 atom stereocenters. The summed E-state index contributed by atoms with van der Waals surface area (Å²) in [6.07, 6.45) is 5.57. The Kier molecular flexibility index (Phi) is 7.24. The average molecular weight is 601 g/mol. The van der Waals surface area contributed by atoms with Crippen LogP contribution in [0.1, 0.15) is 87.5 Å². The van der Waals surface area contributed by atoms with Crippen molar-refractivity contribution in [1.82, 2.24) is 19.4 Å². The zero-order valence-electron chi connectivity index (χ0n) is 25.7. The number of nitrogens with zero attached hydrogens (tertiary/aromatic N) is 4. The van der Waals surface area contributed by atoms with Crippen molar-refractivity contribution in [1.29, 1.82) is 0 Å². The van der Waals surface area contributed by atoms with Crippen LogP contribution in [-0.2, 0) is 28.3 Å². The Bertz CT molecular complexity index is 1720. The van der Waals surface area contributed by atoms with Gasteiger partial charge in [-0.05, 0) is 75.4 Å². The third-order valence-electron chi connectivity index (χ3n) is 10.1. The van der Waals surface area contributed by atoms with E-state index in [-0.39, 0.29) is 30.6 Å². The quantitative estimate of drug-likeness (QED) is 0.337. The number of ether oxygens (including phenoxy) is 2. The first-order valence-electron chi connectivity index (χ1n) is 16.0. The van der Waals surface area contributed by atoms with E-state index < -0.39 is 11.6 Å². The Labute approximate surface area is 256 Å². The summed E-state index contributed by atoms with van der Waals surface area (Å²) < 4.78 is 12.9. The number of hydrogen-bond acceptors (Lipinski definition) is 8. The van der Waals surface area contributed by atoms with Gasteiger partial charge in [-0.2, -0.15) is 0 Å². The molecule has 2 saturated heterocycles. The minimum absolute atomic E-state index is 0.0488. The van der Waals surface area contributed by atoms with E-state index in [1.807, 2.05) is 23.1 Å². The van der Waals surface area contributed by atoms with Crippen LogP contribution in [-0.4, -0.2) is 68.7 Å². The maximum atomic E-state index is 13.6. The number of aliphatic hydroxyl groups is 1. The number of likely N-dealkylation sites (tertiary alicyclic amines) is 2. The molecule has 6 heterocycles. The first-order valence-corrected chi connectivity index (χ1v) is 16.0. The van der Waals surface area contributed by atoms with E-state index in [0.717, 1.165) is 34.9 Å². The lowest BCUT2D eigenvalue weighted by Crippen LogP contribution is -2.48. The minimum Gasteiger partial charge on any atom is -0.458 e. The van der Waals surface area contributed by atoms with Gasteiger partial charge in [0.15, 0.2) is 5.60 Å². The van der Waals surface area contributed by atoms with Crippen LogP contribution in [0.2, 0.25) is 0 Å². The number of pyridine rings is 2. The number of hydrogen-bond donors (Lipinski definition) is 1. The summed E-state index contributed by atoms with van der Waals surface area (Å²) in [5, 5.41) is 12.0. The van der Waals surface area contributed by atoms with Crippen LogP contribution in [0, 0.1) is 0 Å². The Morgan fingerprint density at radius 1 is 1.11 bits per heavy atom. The summed E-state index contributed by atoms with van der Waals surface area (Å²) in [5.41, 5.74) is 2.13. The Morgan fingerprint density at radius 3 is 2.57 bits per heavy atom. The Balaban J connectivity index is 1.18. The zero-order chi connectivity index (χ0) is 30.7. The Hall–Kier alpha value is -3.76. The number of amides is 1. The van der Waals surface area contributed by atoms with Crippen LogP contribution in [0.5, 0.6) is 5.75 Å². The minimum atomic E-state index is -1.87. The number of esters is 1. The van der Waals surface area contributed by atoms with Gasteiger partial charge in [0.05, 0.1) is 29.0 Å². The topological polar surface area (TPSA) is 114 Å². The number of benzene rings is 1. The van der Waals surface area contributed by atoms with Crippen molar-refractivity contribution >= 4 is 23.0 Å². The molecule has 0 radical (unpaired) electrons. The summed E-state index contributed by atoms with van der Waals surface area (Å²) in [6.45, 7) is 9.70. The van der Waals surface area contributed by atoms with Gasteiger partial charge < -0.3 is 28.9 Å².